The highest BCUT2D eigenvalue weighted by Crippen LogP contribution is 2.37. The minimum atomic E-state index is -0.829. The van der Waals surface area contributed by atoms with Gasteiger partial charge in [0.15, 0.2) is 0 Å². The van der Waals surface area contributed by atoms with Crippen LogP contribution in [-0.2, 0) is 18.9 Å². The van der Waals surface area contributed by atoms with E-state index < -0.39 is 11.2 Å². The predicted molar refractivity (Wildman–Crippen MR) is 88.0 cm³/mol. The van der Waals surface area contributed by atoms with Crippen LogP contribution >= 0.6 is 0 Å². The van der Waals surface area contributed by atoms with Gasteiger partial charge in [0, 0.05) is 13.7 Å². The zero-order valence-electron chi connectivity index (χ0n) is 15.2. The highest BCUT2D eigenvalue weighted by Gasteiger charge is 2.48. The zero-order valence-corrected chi connectivity index (χ0v) is 15.2. The molecule has 0 aliphatic carbocycles. The Balaban J connectivity index is 1.93. The lowest BCUT2D eigenvalue weighted by atomic mass is 9.79. The number of ether oxygens (including phenoxy) is 4. The second-order valence-electron chi connectivity index (χ2n) is 7.72. The Bertz CT molecular complexity index is 408. The molecule has 2 bridgehead atoms. The lowest BCUT2D eigenvalue weighted by molar-refractivity contribution is -0.144. The summed E-state index contributed by atoms with van der Waals surface area (Å²) in [7, 11) is 1.63. The molecule has 1 N–H and O–H groups in total. The normalized spacial score (nSPS) is 30.3. The second kappa shape index (κ2) is 7.99. The second-order valence-corrected chi connectivity index (χ2v) is 7.72. The Morgan fingerprint density at radius 1 is 1.21 bits per heavy atom. The van der Waals surface area contributed by atoms with E-state index in [2.05, 4.69) is 0 Å². The van der Waals surface area contributed by atoms with E-state index in [1.54, 1.807) is 12.0 Å². The summed E-state index contributed by atoms with van der Waals surface area (Å²) in [4.78, 5) is 14.3. The van der Waals surface area contributed by atoms with E-state index in [4.69, 9.17) is 18.9 Å². The third kappa shape index (κ3) is 5.31. The number of piperidine rings is 1. The molecule has 0 saturated carbocycles. The Morgan fingerprint density at radius 3 is 2.38 bits per heavy atom. The third-order valence-electron chi connectivity index (χ3n) is 4.39. The molecule has 7 nitrogen and oxygen atoms in total. The largest absolute Gasteiger partial charge is 0.444 e. The summed E-state index contributed by atoms with van der Waals surface area (Å²) in [6, 6.07) is -0.312. The molecule has 2 fully saturated rings. The van der Waals surface area contributed by atoms with Crippen LogP contribution in [0.2, 0.25) is 0 Å². The van der Waals surface area contributed by atoms with Crippen molar-refractivity contribution in [3.63, 3.8) is 0 Å². The van der Waals surface area contributed by atoms with Gasteiger partial charge in [-0.3, -0.25) is 4.90 Å². The molecule has 24 heavy (non-hydrogen) atoms. The molecular formula is C17H31NO6. The van der Waals surface area contributed by atoms with Gasteiger partial charge in [-0.25, -0.2) is 4.79 Å². The summed E-state index contributed by atoms with van der Waals surface area (Å²) in [5.41, 5.74) is -1.36. The fourth-order valence-electron chi connectivity index (χ4n) is 3.40. The number of carbonyl (C=O) groups is 1. The smallest absolute Gasteiger partial charge is 0.410 e. The van der Waals surface area contributed by atoms with Crippen LogP contribution < -0.4 is 0 Å². The maximum Gasteiger partial charge on any atom is 0.410 e. The van der Waals surface area contributed by atoms with E-state index in [9.17, 15) is 9.90 Å². The molecule has 2 unspecified atom stereocenters. The number of fused-ring (bicyclic) bond motifs is 2. The molecule has 2 aliphatic heterocycles. The van der Waals surface area contributed by atoms with Crippen LogP contribution in [0.25, 0.3) is 0 Å². The van der Waals surface area contributed by atoms with Crippen LogP contribution in [0.15, 0.2) is 0 Å². The van der Waals surface area contributed by atoms with E-state index in [0.717, 1.165) is 0 Å². The van der Waals surface area contributed by atoms with Gasteiger partial charge in [-0.2, -0.15) is 0 Å². The number of nitrogens with zero attached hydrogens (tertiary/aromatic N) is 1. The van der Waals surface area contributed by atoms with Gasteiger partial charge in [0.25, 0.3) is 0 Å². The minimum absolute atomic E-state index is 0.156. The molecule has 2 saturated heterocycles. The van der Waals surface area contributed by atoms with Crippen LogP contribution in [0.5, 0.6) is 0 Å². The van der Waals surface area contributed by atoms with Crippen LogP contribution in [0.4, 0.5) is 4.79 Å². The van der Waals surface area contributed by atoms with Crippen molar-refractivity contribution in [3.8, 4) is 0 Å². The van der Waals surface area contributed by atoms with Gasteiger partial charge in [0.1, 0.15) is 5.60 Å². The molecule has 140 valence electrons. The minimum Gasteiger partial charge on any atom is -0.444 e. The van der Waals surface area contributed by atoms with E-state index in [1.807, 2.05) is 20.8 Å². The molecule has 0 aromatic heterocycles. The summed E-state index contributed by atoms with van der Waals surface area (Å²) in [5.74, 6) is 0. The van der Waals surface area contributed by atoms with E-state index in [0.29, 0.717) is 52.3 Å². The first kappa shape index (κ1) is 19.4. The molecule has 0 radical (unpaired) electrons. The summed E-state index contributed by atoms with van der Waals surface area (Å²) >= 11 is 0. The highest BCUT2D eigenvalue weighted by molar-refractivity contribution is 5.69. The molecular weight excluding hydrogens is 314 g/mol. The van der Waals surface area contributed by atoms with Gasteiger partial charge in [-0.15, -0.1) is 0 Å². The van der Waals surface area contributed by atoms with Gasteiger partial charge in [0.05, 0.1) is 44.1 Å². The van der Waals surface area contributed by atoms with Gasteiger partial charge in [-0.1, -0.05) is 0 Å². The molecule has 2 aliphatic rings. The first-order valence-corrected chi connectivity index (χ1v) is 8.62. The molecule has 0 aromatic rings. The molecule has 2 heterocycles. The molecule has 0 spiro atoms. The standard InChI is InChI=1S/C17H31NO6/c1-16(2,3)24-15(19)18-13-9-17(20,5-6-22-8-7-21-4)10-14(18)12-23-11-13/h13-14,20H,5-12H2,1-4H3. The number of hydrogen-bond acceptors (Lipinski definition) is 6. The fraction of sp³-hybridized carbons (Fsp3) is 0.941. The lowest BCUT2D eigenvalue weighted by Crippen LogP contribution is -2.64. The Labute approximate surface area is 144 Å². The number of aliphatic hydroxyl groups is 1. The molecule has 1 amide bonds. The summed E-state index contributed by atoms with van der Waals surface area (Å²) < 4.78 is 21.5. The fourth-order valence-corrected chi connectivity index (χ4v) is 3.40. The van der Waals surface area contributed by atoms with Crippen LogP contribution in [0.3, 0.4) is 0 Å². The Hall–Kier alpha value is -0.890. The van der Waals surface area contributed by atoms with Gasteiger partial charge in [0.2, 0.25) is 0 Å². The lowest BCUT2D eigenvalue weighted by Gasteiger charge is -2.51. The summed E-state index contributed by atoms with van der Waals surface area (Å²) in [6.07, 6.45) is 1.19. The molecule has 2 atom stereocenters. The molecule has 2 rings (SSSR count). The van der Waals surface area contributed by atoms with E-state index >= 15 is 0 Å². The van der Waals surface area contributed by atoms with E-state index in [-0.39, 0.29) is 18.2 Å². The van der Waals surface area contributed by atoms with Crippen molar-refractivity contribution in [2.24, 2.45) is 0 Å². The number of rotatable bonds is 6. The van der Waals surface area contributed by atoms with E-state index in [1.165, 1.54) is 0 Å². The van der Waals surface area contributed by atoms with Crippen LogP contribution in [0.1, 0.15) is 40.0 Å². The van der Waals surface area contributed by atoms with Crippen molar-refractivity contribution in [1.29, 1.82) is 0 Å². The molecule has 0 aromatic carbocycles. The van der Waals surface area contributed by atoms with Gasteiger partial charge < -0.3 is 24.1 Å². The van der Waals surface area contributed by atoms with Crippen molar-refractivity contribution >= 4 is 6.09 Å². The topological polar surface area (TPSA) is 77.5 Å². The van der Waals surface area contributed by atoms with Crippen LogP contribution in [0, 0.1) is 0 Å². The number of morpholine rings is 1. The quantitative estimate of drug-likeness (QED) is 0.736. The first-order chi connectivity index (χ1) is 11.2. The van der Waals surface area contributed by atoms with Crippen molar-refractivity contribution in [3.05, 3.63) is 0 Å². The highest BCUT2D eigenvalue weighted by atomic mass is 16.6. The van der Waals surface area contributed by atoms with Gasteiger partial charge >= 0.3 is 6.09 Å². The summed E-state index contributed by atoms with van der Waals surface area (Å²) in [5, 5.41) is 10.9. The summed E-state index contributed by atoms with van der Waals surface area (Å²) in [6.45, 7) is 7.98. The number of hydrogen-bond donors (Lipinski definition) is 1. The maximum absolute atomic E-state index is 12.5. The molecule has 7 heteroatoms. The first-order valence-electron chi connectivity index (χ1n) is 8.62. The third-order valence-corrected chi connectivity index (χ3v) is 4.39. The van der Waals surface area contributed by atoms with Gasteiger partial charge in [-0.05, 0) is 40.0 Å². The van der Waals surface area contributed by atoms with Crippen molar-refractivity contribution in [2.45, 2.75) is 63.3 Å². The van der Waals surface area contributed by atoms with Crippen molar-refractivity contribution < 1.29 is 28.8 Å². The Kier molecular flexibility index (Phi) is 6.47. The SMILES string of the molecule is COCCOCCC1(O)CC2COCC(C1)N2C(=O)OC(C)(C)C. The van der Waals surface area contributed by atoms with Crippen molar-refractivity contribution in [2.75, 3.05) is 40.1 Å². The van der Waals surface area contributed by atoms with Crippen LogP contribution in [-0.4, -0.2) is 79.5 Å². The number of amides is 1. The number of carbonyl (C=O) groups excluding carboxylic acids is 1. The zero-order chi connectivity index (χ0) is 17.8. The van der Waals surface area contributed by atoms with Crippen molar-refractivity contribution in [1.82, 2.24) is 4.90 Å². The predicted octanol–water partition coefficient (Wildman–Crippen LogP) is 1.57. The average Bonchev–Trinajstić information content (AvgIpc) is 2.44. The monoisotopic (exact) mass is 345 g/mol. The maximum atomic E-state index is 12.5. The average molecular weight is 345 g/mol. The number of methoxy groups -OCH3 is 1. The Morgan fingerprint density at radius 2 is 1.83 bits per heavy atom.